The molecule has 1 amide bonds. The first kappa shape index (κ1) is 20.0. The monoisotopic (exact) mass is 393 g/mol. The normalized spacial score (nSPS) is 19.1. The maximum Gasteiger partial charge on any atom is 0.235 e. The Morgan fingerprint density at radius 2 is 1.72 bits per heavy atom. The molecule has 2 fully saturated rings. The first-order valence-electron chi connectivity index (χ1n) is 10.8. The smallest absolute Gasteiger partial charge is 0.235 e. The number of aryl methyl sites for hydroxylation is 2. The molecule has 0 atom stereocenters. The van der Waals surface area contributed by atoms with Crippen LogP contribution in [0.2, 0.25) is 0 Å². The minimum Gasteiger partial charge on any atom is -0.490 e. The molecule has 4 rings (SSSR count). The Morgan fingerprint density at radius 1 is 1.03 bits per heavy atom. The molecule has 1 saturated carbocycles. The summed E-state index contributed by atoms with van der Waals surface area (Å²) >= 11 is 0. The van der Waals surface area contributed by atoms with E-state index in [1.54, 1.807) is 0 Å². The number of rotatable bonds is 5. The molecule has 0 bridgehead atoms. The number of benzene rings is 2. The third kappa shape index (κ3) is 4.32. The summed E-state index contributed by atoms with van der Waals surface area (Å²) in [5.41, 5.74) is 3.61. The standard InChI is InChI=1S/C25H31NO3/c1-18-7-9-20(10-8-18)25(13-15-28-16-14-25)24(27)26-21-11-12-23(19(2)17-21)29-22-5-3-4-6-22/h7-12,17,22H,3-6,13-16H2,1-2H3,(H,26,27). The molecular formula is C25H31NO3. The van der Waals surface area contributed by atoms with Gasteiger partial charge in [0.05, 0.1) is 11.5 Å². The van der Waals surface area contributed by atoms with Gasteiger partial charge in [0.15, 0.2) is 0 Å². The number of hydrogen-bond acceptors (Lipinski definition) is 3. The lowest BCUT2D eigenvalue weighted by molar-refractivity contribution is -0.125. The highest BCUT2D eigenvalue weighted by Gasteiger charge is 2.41. The summed E-state index contributed by atoms with van der Waals surface area (Å²) in [7, 11) is 0. The van der Waals surface area contributed by atoms with Crippen LogP contribution < -0.4 is 10.1 Å². The second kappa shape index (κ2) is 8.58. The molecule has 2 aliphatic rings. The first-order chi connectivity index (χ1) is 14.1. The lowest BCUT2D eigenvalue weighted by Gasteiger charge is -2.36. The zero-order valence-electron chi connectivity index (χ0n) is 17.5. The Balaban J connectivity index is 1.53. The molecule has 1 heterocycles. The van der Waals surface area contributed by atoms with Crippen molar-refractivity contribution in [3.8, 4) is 5.75 Å². The van der Waals surface area contributed by atoms with Crippen LogP contribution in [0.25, 0.3) is 0 Å². The lowest BCUT2D eigenvalue weighted by Crippen LogP contribution is -2.44. The van der Waals surface area contributed by atoms with Crippen LogP contribution in [0.4, 0.5) is 5.69 Å². The summed E-state index contributed by atoms with van der Waals surface area (Å²) in [5, 5.41) is 3.18. The van der Waals surface area contributed by atoms with Crippen molar-refractivity contribution in [2.45, 2.75) is 63.9 Å². The number of ether oxygens (including phenoxy) is 2. The van der Waals surface area contributed by atoms with E-state index >= 15 is 0 Å². The number of amides is 1. The van der Waals surface area contributed by atoms with Crippen LogP contribution in [-0.2, 0) is 14.9 Å². The van der Waals surface area contributed by atoms with Gasteiger partial charge < -0.3 is 14.8 Å². The Kier molecular flexibility index (Phi) is 5.91. The summed E-state index contributed by atoms with van der Waals surface area (Å²) in [4.78, 5) is 13.5. The van der Waals surface area contributed by atoms with Crippen molar-refractivity contribution in [3.63, 3.8) is 0 Å². The average molecular weight is 394 g/mol. The number of nitrogens with one attached hydrogen (secondary N) is 1. The van der Waals surface area contributed by atoms with Crippen LogP contribution in [0.15, 0.2) is 42.5 Å². The zero-order valence-corrected chi connectivity index (χ0v) is 17.5. The SMILES string of the molecule is Cc1ccc(C2(C(=O)Nc3ccc(OC4CCCC4)c(C)c3)CCOCC2)cc1. The van der Waals surface area contributed by atoms with E-state index in [-0.39, 0.29) is 5.91 Å². The maximum atomic E-state index is 13.5. The molecule has 0 spiro atoms. The van der Waals surface area contributed by atoms with Crippen molar-refractivity contribution in [3.05, 3.63) is 59.2 Å². The van der Waals surface area contributed by atoms with Crippen LogP contribution in [0, 0.1) is 13.8 Å². The summed E-state index contributed by atoms with van der Waals surface area (Å²) in [6.45, 7) is 5.32. The molecular weight excluding hydrogens is 362 g/mol. The fourth-order valence-electron chi connectivity index (χ4n) is 4.54. The summed E-state index contributed by atoms with van der Waals surface area (Å²) in [5.74, 6) is 0.975. The molecule has 1 saturated heterocycles. The minimum absolute atomic E-state index is 0.0496. The van der Waals surface area contributed by atoms with E-state index in [1.807, 2.05) is 25.1 Å². The van der Waals surface area contributed by atoms with Gasteiger partial charge in [0, 0.05) is 18.9 Å². The second-order valence-corrected chi connectivity index (χ2v) is 8.52. The van der Waals surface area contributed by atoms with E-state index in [0.717, 1.165) is 35.4 Å². The van der Waals surface area contributed by atoms with Crippen molar-refractivity contribution in [2.24, 2.45) is 0 Å². The fourth-order valence-corrected chi connectivity index (χ4v) is 4.54. The van der Waals surface area contributed by atoms with Crippen LogP contribution in [-0.4, -0.2) is 25.2 Å². The molecule has 2 aromatic carbocycles. The maximum absolute atomic E-state index is 13.5. The Bertz CT molecular complexity index is 847. The molecule has 154 valence electrons. The quantitative estimate of drug-likeness (QED) is 0.749. The van der Waals surface area contributed by atoms with Crippen molar-refractivity contribution in [2.75, 3.05) is 18.5 Å². The molecule has 0 unspecified atom stereocenters. The minimum atomic E-state index is -0.543. The third-order valence-electron chi connectivity index (χ3n) is 6.41. The van der Waals surface area contributed by atoms with Gasteiger partial charge in [-0.3, -0.25) is 4.79 Å². The van der Waals surface area contributed by atoms with Crippen molar-refractivity contribution in [1.82, 2.24) is 0 Å². The highest BCUT2D eigenvalue weighted by molar-refractivity contribution is 5.99. The Morgan fingerprint density at radius 3 is 2.38 bits per heavy atom. The van der Waals surface area contributed by atoms with E-state index in [2.05, 4.69) is 36.5 Å². The van der Waals surface area contributed by atoms with Crippen LogP contribution >= 0.6 is 0 Å². The highest BCUT2D eigenvalue weighted by atomic mass is 16.5. The topological polar surface area (TPSA) is 47.6 Å². The molecule has 29 heavy (non-hydrogen) atoms. The number of carbonyl (C=O) groups excluding carboxylic acids is 1. The molecule has 0 aromatic heterocycles. The van der Waals surface area contributed by atoms with Crippen LogP contribution in [0.5, 0.6) is 5.75 Å². The van der Waals surface area contributed by atoms with Gasteiger partial charge in [-0.1, -0.05) is 29.8 Å². The summed E-state index contributed by atoms with van der Waals surface area (Å²) in [6.07, 6.45) is 6.51. The molecule has 4 heteroatoms. The zero-order chi connectivity index (χ0) is 20.3. The lowest BCUT2D eigenvalue weighted by atomic mass is 9.73. The van der Waals surface area contributed by atoms with Gasteiger partial charge in [0.1, 0.15) is 5.75 Å². The third-order valence-corrected chi connectivity index (χ3v) is 6.41. The highest BCUT2D eigenvalue weighted by Crippen LogP contribution is 2.37. The fraction of sp³-hybridized carbons (Fsp3) is 0.480. The predicted octanol–water partition coefficient (Wildman–Crippen LogP) is 5.31. The largest absolute Gasteiger partial charge is 0.490 e. The van der Waals surface area contributed by atoms with E-state index < -0.39 is 5.41 Å². The molecule has 1 N–H and O–H groups in total. The van der Waals surface area contributed by atoms with E-state index in [0.29, 0.717) is 32.2 Å². The Labute approximate surface area is 173 Å². The second-order valence-electron chi connectivity index (χ2n) is 8.52. The van der Waals surface area contributed by atoms with Gasteiger partial charge in [0.2, 0.25) is 5.91 Å². The van der Waals surface area contributed by atoms with Gasteiger partial charge in [-0.2, -0.15) is 0 Å². The Hall–Kier alpha value is -2.33. The van der Waals surface area contributed by atoms with Gasteiger partial charge >= 0.3 is 0 Å². The van der Waals surface area contributed by atoms with Crippen molar-refractivity contribution in [1.29, 1.82) is 0 Å². The van der Waals surface area contributed by atoms with E-state index in [4.69, 9.17) is 9.47 Å². The molecule has 1 aliphatic carbocycles. The van der Waals surface area contributed by atoms with Gasteiger partial charge in [-0.15, -0.1) is 0 Å². The molecule has 4 nitrogen and oxygen atoms in total. The van der Waals surface area contributed by atoms with Gasteiger partial charge in [0.25, 0.3) is 0 Å². The van der Waals surface area contributed by atoms with Gasteiger partial charge in [-0.25, -0.2) is 0 Å². The van der Waals surface area contributed by atoms with E-state index in [1.165, 1.54) is 18.4 Å². The van der Waals surface area contributed by atoms with E-state index in [9.17, 15) is 4.79 Å². The van der Waals surface area contributed by atoms with Crippen LogP contribution in [0.3, 0.4) is 0 Å². The average Bonchev–Trinajstić information content (AvgIpc) is 3.24. The predicted molar refractivity (Wildman–Crippen MR) is 116 cm³/mol. The van der Waals surface area contributed by atoms with Crippen molar-refractivity contribution < 1.29 is 14.3 Å². The van der Waals surface area contributed by atoms with Crippen molar-refractivity contribution >= 4 is 11.6 Å². The van der Waals surface area contributed by atoms with Gasteiger partial charge in [-0.05, 0) is 81.7 Å². The molecule has 1 aliphatic heterocycles. The number of carbonyl (C=O) groups is 1. The van der Waals surface area contributed by atoms with Crippen LogP contribution in [0.1, 0.15) is 55.2 Å². The number of hydrogen-bond donors (Lipinski definition) is 1. The number of anilines is 1. The summed E-state index contributed by atoms with van der Waals surface area (Å²) in [6, 6.07) is 14.3. The summed E-state index contributed by atoms with van der Waals surface area (Å²) < 4.78 is 11.7. The first-order valence-corrected chi connectivity index (χ1v) is 10.8. The molecule has 2 aromatic rings. The molecule has 0 radical (unpaired) electrons.